The van der Waals surface area contributed by atoms with Crippen molar-refractivity contribution in [1.29, 1.82) is 0 Å². The van der Waals surface area contributed by atoms with Gasteiger partial charge in [-0.1, -0.05) is 11.8 Å². The summed E-state index contributed by atoms with van der Waals surface area (Å²) in [5.41, 5.74) is 1.11. The summed E-state index contributed by atoms with van der Waals surface area (Å²) in [7, 11) is 0. The molecule has 0 aromatic carbocycles. The third kappa shape index (κ3) is 4.19. The number of ether oxygens (including phenoxy) is 1. The van der Waals surface area contributed by atoms with Crippen molar-refractivity contribution in [3.8, 4) is 0 Å². The van der Waals surface area contributed by atoms with Crippen LogP contribution in [0.5, 0.6) is 0 Å². The molecule has 78 valence electrons. The second kappa shape index (κ2) is 4.06. The standard InChI is InChI=1S/C7H12F3NOS/c8-7(9,10)13-4-2-6(11)1-3-12-5-6/h1-5,11H2. The van der Waals surface area contributed by atoms with Crippen LogP contribution in [-0.2, 0) is 4.74 Å². The third-order valence-corrected chi connectivity index (χ3v) is 2.74. The molecular weight excluding hydrogens is 203 g/mol. The van der Waals surface area contributed by atoms with Crippen LogP contribution in [0.25, 0.3) is 0 Å². The Morgan fingerprint density at radius 1 is 1.46 bits per heavy atom. The summed E-state index contributed by atoms with van der Waals surface area (Å²) >= 11 is -0.0166. The van der Waals surface area contributed by atoms with E-state index in [4.69, 9.17) is 10.5 Å². The molecule has 1 heterocycles. The first-order valence-electron chi connectivity index (χ1n) is 3.99. The van der Waals surface area contributed by atoms with E-state index in [9.17, 15) is 13.2 Å². The van der Waals surface area contributed by atoms with Gasteiger partial charge in [0.05, 0.1) is 6.61 Å². The van der Waals surface area contributed by atoms with Crippen LogP contribution in [-0.4, -0.2) is 30.0 Å². The van der Waals surface area contributed by atoms with Crippen LogP contribution >= 0.6 is 11.8 Å². The third-order valence-electron chi connectivity index (χ3n) is 2.00. The molecule has 0 saturated carbocycles. The number of nitrogens with two attached hydrogens (primary N) is 1. The van der Waals surface area contributed by atoms with E-state index in [1.54, 1.807) is 0 Å². The van der Waals surface area contributed by atoms with Gasteiger partial charge in [0.15, 0.2) is 0 Å². The van der Waals surface area contributed by atoms with Crippen molar-refractivity contribution in [2.24, 2.45) is 5.73 Å². The minimum atomic E-state index is -4.14. The van der Waals surface area contributed by atoms with Crippen molar-refractivity contribution < 1.29 is 17.9 Å². The summed E-state index contributed by atoms with van der Waals surface area (Å²) in [5.74, 6) is 0.0172. The number of alkyl halides is 3. The Labute approximate surface area is 79.0 Å². The fraction of sp³-hybridized carbons (Fsp3) is 1.00. The average molecular weight is 215 g/mol. The van der Waals surface area contributed by atoms with Gasteiger partial charge in [-0.2, -0.15) is 13.2 Å². The SMILES string of the molecule is NC1(CCSC(F)(F)F)CCOC1. The monoisotopic (exact) mass is 215 g/mol. The molecule has 0 aromatic heterocycles. The highest BCUT2D eigenvalue weighted by atomic mass is 32.2. The number of thioether (sulfide) groups is 1. The lowest BCUT2D eigenvalue weighted by atomic mass is 9.97. The molecule has 2 N–H and O–H groups in total. The average Bonchev–Trinajstić information content (AvgIpc) is 2.33. The second-order valence-electron chi connectivity index (χ2n) is 3.21. The molecular formula is C7H12F3NOS. The molecule has 1 saturated heterocycles. The molecule has 1 atom stereocenters. The summed E-state index contributed by atoms with van der Waals surface area (Å²) in [5, 5.41) is 0. The molecule has 1 unspecified atom stereocenters. The quantitative estimate of drug-likeness (QED) is 0.779. The number of halogens is 3. The van der Waals surface area contributed by atoms with Crippen LogP contribution in [0.3, 0.4) is 0 Å². The van der Waals surface area contributed by atoms with Gasteiger partial charge >= 0.3 is 5.51 Å². The van der Waals surface area contributed by atoms with Gasteiger partial charge < -0.3 is 10.5 Å². The second-order valence-corrected chi connectivity index (χ2v) is 4.37. The van der Waals surface area contributed by atoms with Gasteiger partial charge in [0.25, 0.3) is 0 Å². The molecule has 1 aliphatic heterocycles. The Morgan fingerprint density at radius 2 is 2.15 bits per heavy atom. The lowest BCUT2D eigenvalue weighted by Crippen LogP contribution is -2.40. The van der Waals surface area contributed by atoms with E-state index in [0.29, 0.717) is 26.1 Å². The maximum atomic E-state index is 11.7. The minimum Gasteiger partial charge on any atom is -0.379 e. The molecule has 0 amide bonds. The Bertz CT molecular complexity index is 168. The van der Waals surface area contributed by atoms with E-state index in [1.165, 1.54) is 0 Å². The summed E-state index contributed by atoms with van der Waals surface area (Å²) in [4.78, 5) is 0. The van der Waals surface area contributed by atoms with Crippen molar-refractivity contribution in [2.75, 3.05) is 19.0 Å². The fourth-order valence-electron chi connectivity index (χ4n) is 1.19. The maximum absolute atomic E-state index is 11.7. The highest BCUT2D eigenvalue weighted by Gasteiger charge is 2.33. The van der Waals surface area contributed by atoms with Crippen molar-refractivity contribution in [2.45, 2.75) is 23.9 Å². The van der Waals surface area contributed by atoms with Gasteiger partial charge in [0.1, 0.15) is 0 Å². The van der Waals surface area contributed by atoms with E-state index in [2.05, 4.69) is 0 Å². The van der Waals surface area contributed by atoms with Gasteiger partial charge in [-0.05, 0) is 12.8 Å². The lowest BCUT2D eigenvalue weighted by molar-refractivity contribution is -0.0328. The molecule has 1 rings (SSSR count). The largest absolute Gasteiger partial charge is 0.441 e. The predicted octanol–water partition coefficient (Wildman–Crippen LogP) is 1.75. The first kappa shape index (κ1) is 11.1. The number of rotatable bonds is 3. The highest BCUT2D eigenvalue weighted by Crippen LogP contribution is 2.32. The zero-order valence-electron chi connectivity index (χ0n) is 7.06. The summed E-state index contributed by atoms with van der Waals surface area (Å²) < 4.78 is 40.3. The van der Waals surface area contributed by atoms with E-state index in [-0.39, 0.29) is 17.5 Å². The highest BCUT2D eigenvalue weighted by molar-refractivity contribution is 8.00. The predicted molar refractivity (Wildman–Crippen MR) is 45.5 cm³/mol. The molecule has 1 aliphatic rings. The van der Waals surface area contributed by atoms with Gasteiger partial charge in [0, 0.05) is 17.9 Å². The maximum Gasteiger partial charge on any atom is 0.441 e. The molecule has 2 nitrogen and oxygen atoms in total. The van der Waals surface area contributed by atoms with E-state index < -0.39 is 11.0 Å². The van der Waals surface area contributed by atoms with Gasteiger partial charge in [0.2, 0.25) is 0 Å². The first-order chi connectivity index (χ1) is 5.91. The molecule has 0 aromatic rings. The number of hydrogen-bond donors (Lipinski definition) is 1. The summed E-state index contributed by atoms with van der Waals surface area (Å²) in [6.45, 7) is 0.943. The van der Waals surface area contributed by atoms with Crippen LogP contribution in [0.15, 0.2) is 0 Å². The van der Waals surface area contributed by atoms with Crippen molar-refractivity contribution in [1.82, 2.24) is 0 Å². The van der Waals surface area contributed by atoms with Crippen LogP contribution in [0.1, 0.15) is 12.8 Å². The van der Waals surface area contributed by atoms with Crippen molar-refractivity contribution >= 4 is 11.8 Å². The van der Waals surface area contributed by atoms with Crippen molar-refractivity contribution in [3.63, 3.8) is 0 Å². The van der Waals surface area contributed by atoms with Crippen LogP contribution in [0, 0.1) is 0 Å². The van der Waals surface area contributed by atoms with Crippen molar-refractivity contribution in [3.05, 3.63) is 0 Å². The Balaban J connectivity index is 2.18. The van der Waals surface area contributed by atoms with Crippen LogP contribution < -0.4 is 5.73 Å². The minimum absolute atomic E-state index is 0.0166. The Kier molecular flexibility index (Phi) is 3.48. The van der Waals surface area contributed by atoms with Gasteiger partial charge in [-0.15, -0.1) is 0 Å². The van der Waals surface area contributed by atoms with Gasteiger partial charge in [-0.3, -0.25) is 0 Å². The van der Waals surface area contributed by atoms with E-state index in [1.807, 2.05) is 0 Å². The van der Waals surface area contributed by atoms with E-state index in [0.717, 1.165) is 0 Å². The smallest absolute Gasteiger partial charge is 0.379 e. The molecule has 6 heteroatoms. The Hall–Kier alpha value is 0.0600. The summed E-state index contributed by atoms with van der Waals surface area (Å²) in [6, 6.07) is 0. The summed E-state index contributed by atoms with van der Waals surface area (Å²) in [6.07, 6.45) is 1.02. The molecule has 0 aliphatic carbocycles. The zero-order valence-corrected chi connectivity index (χ0v) is 7.88. The van der Waals surface area contributed by atoms with E-state index >= 15 is 0 Å². The fourth-order valence-corrected chi connectivity index (χ4v) is 1.93. The molecule has 0 bridgehead atoms. The first-order valence-corrected chi connectivity index (χ1v) is 4.97. The molecule has 0 radical (unpaired) electrons. The normalized spacial score (nSPS) is 29.5. The number of hydrogen-bond acceptors (Lipinski definition) is 3. The van der Waals surface area contributed by atoms with Crippen LogP contribution in [0.4, 0.5) is 13.2 Å². The topological polar surface area (TPSA) is 35.2 Å². The molecule has 0 spiro atoms. The Morgan fingerprint density at radius 3 is 2.62 bits per heavy atom. The van der Waals surface area contributed by atoms with Gasteiger partial charge in [-0.25, -0.2) is 0 Å². The molecule has 1 fully saturated rings. The molecule has 13 heavy (non-hydrogen) atoms. The van der Waals surface area contributed by atoms with Crippen LogP contribution in [0.2, 0.25) is 0 Å². The lowest BCUT2D eigenvalue weighted by Gasteiger charge is -2.21. The zero-order chi connectivity index (χ0) is 9.95.